The molecular weight excluding hydrogens is 342 g/mol. The Morgan fingerprint density at radius 1 is 1.05 bits per heavy atom. The molecule has 1 aliphatic rings. The fraction of sp³-hybridized carbons (Fsp3) is 0.222. The van der Waals surface area contributed by atoms with Gasteiger partial charge in [0.25, 0.3) is 0 Å². The fourth-order valence-electron chi connectivity index (χ4n) is 2.90. The van der Waals surface area contributed by atoms with Gasteiger partial charge in [0.05, 0.1) is 11.6 Å². The summed E-state index contributed by atoms with van der Waals surface area (Å²) in [5.74, 6) is -0.500. The molecule has 0 saturated carbocycles. The molecule has 3 nitrogen and oxygen atoms in total. The van der Waals surface area contributed by atoms with Crippen molar-refractivity contribution in [3.8, 4) is 0 Å². The highest BCUT2D eigenvalue weighted by molar-refractivity contribution is 9.10. The maximum atomic E-state index is 12.7. The summed E-state index contributed by atoms with van der Waals surface area (Å²) in [6.45, 7) is 2.01. The third kappa shape index (κ3) is 2.71. The lowest BCUT2D eigenvalue weighted by Gasteiger charge is -2.19. The number of hydrogen-bond acceptors (Lipinski definition) is 2. The number of carbonyl (C=O) groups excluding carboxylic acids is 2. The van der Waals surface area contributed by atoms with Gasteiger partial charge in [-0.25, -0.2) is 0 Å². The van der Waals surface area contributed by atoms with Crippen LogP contribution in [-0.2, 0) is 9.59 Å². The Kier molecular flexibility index (Phi) is 4.12. The van der Waals surface area contributed by atoms with Gasteiger partial charge in [0.1, 0.15) is 0 Å². The molecule has 0 spiro atoms. The molecule has 112 valence electrons. The molecule has 0 radical (unpaired) electrons. The summed E-state index contributed by atoms with van der Waals surface area (Å²) in [6, 6.07) is 17.1. The van der Waals surface area contributed by atoms with Crippen molar-refractivity contribution in [3.63, 3.8) is 0 Å². The third-order valence-corrected chi connectivity index (χ3v) is 4.72. The summed E-state index contributed by atoms with van der Waals surface area (Å²) in [7, 11) is 0. The van der Waals surface area contributed by atoms with E-state index in [0.717, 1.165) is 10.0 Å². The Morgan fingerprint density at radius 3 is 2.32 bits per heavy atom. The van der Waals surface area contributed by atoms with E-state index >= 15 is 0 Å². The minimum Gasteiger partial charge on any atom is -0.274 e. The van der Waals surface area contributed by atoms with Crippen LogP contribution in [-0.4, -0.2) is 11.8 Å². The van der Waals surface area contributed by atoms with Gasteiger partial charge < -0.3 is 0 Å². The molecule has 2 amide bonds. The number of carbonyl (C=O) groups is 2. The van der Waals surface area contributed by atoms with Crippen LogP contribution >= 0.6 is 15.9 Å². The summed E-state index contributed by atoms with van der Waals surface area (Å²) < 4.78 is 0.921. The van der Waals surface area contributed by atoms with E-state index in [-0.39, 0.29) is 30.1 Å². The van der Waals surface area contributed by atoms with Gasteiger partial charge in [0.15, 0.2) is 0 Å². The molecule has 0 bridgehead atoms. The van der Waals surface area contributed by atoms with Crippen molar-refractivity contribution in [1.82, 2.24) is 0 Å². The van der Waals surface area contributed by atoms with Crippen molar-refractivity contribution in [3.05, 3.63) is 64.6 Å². The molecule has 1 fully saturated rings. The van der Waals surface area contributed by atoms with Gasteiger partial charge in [-0.15, -0.1) is 0 Å². The van der Waals surface area contributed by atoms with Crippen molar-refractivity contribution in [1.29, 1.82) is 0 Å². The van der Waals surface area contributed by atoms with Gasteiger partial charge in [-0.2, -0.15) is 0 Å². The first-order valence-corrected chi connectivity index (χ1v) is 8.04. The maximum Gasteiger partial charge on any atom is 0.237 e. The normalized spacial score (nSPS) is 19.5. The van der Waals surface area contributed by atoms with Crippen molar-refractivity contribution in [2.24, 2.45) is 5.92 Å². The van der Waals surface area contributed by atoms with Gasteiger partial charge in [-0.05, 0) is 35.7 Å². The highest BCUT2D eigenvalue weighted by atomic mass is 79.9. The predicted octanol–water partition coefficient (Wildman–Crippen LogP) is 4.13. The second kappa shape index (κ2) is 6.05. The standard InChI is InChI=1S/C18H16BrNO2/c1-12(13-5-3-2-4-6-13)16-11-17(21)20(18(16)22)15-9-7-14(19)8-10-15/h2-10,12,16H,11H2,1H3. The molecule has 2 unspecified atom stereocenters. The molecule has 0 aliphatic carbocycles. The maximum absolute atomic E-state index is 12.7. The Labute approximate surface area is 138 Å². The number of imide groups is 1. The molecule has 2 aromatic rings. The minimum atomic E-state index is -0.293. The van der Waals surface area contributed by atoms with E-state index in [1.54, 1.807) is 12.1 Å². The van der Waals surface area contributed by atoms with Crippen LogP contribution in [0.5, 0.6) is 0 Å². The second-order valence-corrected chi connectivity index (χ2v) is 6.47. The zero-order valence-electron chi connectivity index (χ0n) is 12.2. The van der Waals surface area contributed by atoms with Crippen molar-refractivity contribution < 1.29 is 9.59 Å². The third-order valence-electron chi connectivity index (χ3n) is 4.20. The lowest BCUT2D eigenvalue weighted by Crippen LogP contribution is -2.31. The van der Waals surface area contributed by atoms with Crippen LogP contribution < -0.4 is 4.90 Å². The highest BCUT2D eigenvalue weighted by Gasteiger charge is 2.42. The summed E-state index contributed by atoms with van der Waals surface area (Å²) >= 11 is 3.36. The van der Waals surface area contributed by atoms with Crippen LogP contribution in [0.1, 0.15) is 24.8 Å². The zero-order valence-corrected chi connectivity index (χ0v) is 13.8. The van der Waals surface area contributed by atoms with E-state index in [2.05, 4.69) is 15.9 Å². The first kappa shape index (κ1) is 15.0. The molecule has 3 rings (SSSR count). The fourth-order valence-corrected chi connectivity index (χ4v) is 3.16. The molecule has 0 aromatic heterocycles. The molecular formula is C18H16BrNO2. The molecule has 2 aromatic carbocycles. The lowest BCUT2D eigenvalue weighted by atomic mass is 9.86. The Morgan fingerprint density at radius 2 is 1.68 bits per heavy atom. The second-order valence-electron chi connectivity index (χ2n) is 5.55. The molecule has 1 heterocycles. The largest absolute Gasteiger partial charge is 0.274 e. The molecule has 2 atom stereocenters. The quantitative estimate of drug-likeness (QED) is 0.774. The van der Waals surface area contributed by atoms with E-state index < -0.39 is 0 Å². The van der Waals surface area contributed by atoms with Crippen LogP contribution in [0.25, 0.3) is 0 Å². The van der Waals surface area contributed by atoms with Gasteiger partial charge in [0, 0.05) is 10.9 Å². The van der Waals surface area contributed by atoms with Crippen LogP contribution in [0, 0.1) is 5.92 Å². The molecule has 1 aliphatic heterocycles. The van der Waals surface area contributed by atoms with E-state index in [9.17, 15) is 9.59 Å². The molecule has 1 saturated heterocycles. The first-order valence-electron chi connectivity index (χ1n) is 7.25. The first-order chi connectivity index (χ1) is 10.6. The van der Waals surface area contributed by atoms with Crippen LogP contribution in [0.3, 0.4) is 0 Å². The van der Waals surface area contributed by atoms with E-state index in [0.29, 0.717) is 5.69 Å². The number of rotatable bonds is 3. The molecule has 0 N–H and O–H groups in total. The number of hydrogen-bond donors (Lipinski definition) is 0. The smallest absolute Gasteiger partial charge is 0.237 e. The van der Waals surface area contributed by atoms with Crippen LogP contribution in [0.15, 0.2) is 59.1 Å². The average Bonchev–Trinajstić information content (AvgIpc) is 2.83. The molecule has 4 heteroatoms. The van der Waals surface area contributed by atoms with E-state index in [1.807, 2.05) is 49.4 Å². The zero-order chi connectivity index (χ0) is 15.7. The Balaban J connectivity index is 1.87. The molecule has 22 heavy (non-hydrogen) atoms. The summed E-state index contributed by atoms with van der Waals surface area (Å²) in [6.07, 6.45) is 0.269. The average molecular weight is 358 g/mol. The summed E-state index contributed by atoms with van der Waals surface area (Å²) in [4.78, 5) is 26.3. The van der Waals surface area contributed by atoms with Crippen LogP contribution in [0.4, 0.5) is 5.69 Å². The van der Waals surface area contributed by atoms with Crippen molar-refractivity contribution in [2.75, 3.05) is 4.90 Å². The van der Waals surface area contributed by atoms with Crippen molar-refractivity contribution >= 4 is 33.4 Å². The minimum absolute atomic E-state index is 0.0260. The van der Waals surface area contributed by atoms with Gasteiger partial charge in [-0.3, -0.25) is 14.5 Å². The van der Waals surface area contributed by atoms with E-state index in [4.69, 9.17) is 0 Å². The monoisotopic (exact) mass is 357 g/mol. The number of anilines is 1. The summed E-state index contributed by atoms with van der Waals surface area (Å²) in [5.41, 5.74) is 1.73. The summed E-state index contributed by atoms with van der Waals surface area (Å²) in [5, 5.41) is 0. The van der Waals surface area contributed by atoms with Gasteiger partial charge in [0.2, 0.25) is 11.8 Å². The number of halogens is 1. The highest BCUT2D eigenvalue weighted by Crippen LogP contribution is 2.35. The van der Waals surface area contributed by atoms with Gasteiger partial charge >= 0.3 is 0 Å². The topological polar surface area (TPSA) is 37.4 Å². The number of nitrogens with zero attached hydrogens (tertiary/aromatic N) is 1. The lowest BCUT2D eigenvalue weighted by molar-refractivity contribution is -0.122. The SMILES string of the molecule is CC(c1ccccc1)C1CC(=O)N(c2ccc(Br)cc2)C1=O. The van der Waals surface area contributed by atoms with Crippen LogP contribution in [0.2, 0.25) is 0 Å². The predicted molar refractivity (Wildman–Crippen MR) is 89.6 cm³/mol. The van der Waals surface area contributed by atoms with Gasteiger partial charge in [-0.1, -0.05) is 53.2 Å². The Hall–Kier alpha value is -1.94. The van der Waals surface area contributed by atoms with Crippen molar-refractivity contribution in [2.45, 2.75) is 19.3 Å². The van der Waals surface area contributed by atoms with E-state index in [1.165, 1.54) is 4.90 Å². The number of benzene rings is 2. The Bertz CT molecular complexity index is 697. The number of amides is 2.